The first-order chi connectivity index (χ1) is 16.4. The van der Waals surface area contributed by atoms with E-state index >= 15 is 0 Å². The summed E-state index contributed by atoms with van der Waals surface area (Å²) in [7, 11) is 1.80. The van der Waals surface area contributed by atoms with E-state index in [2.05, 4.69) is 39.3 Å². The van der Waals surface area contributed by atoms with Gasteiger partial charge >= 0.3 is 0 Å². The maximum Gasteiger partial charge on any atom is 0.245 e. The first kappa shape index (κ1) is 24.0. The maximum absolute atomic E-state index is 13.7. The zero-order chi connectivity index (χ0) is 24.1. The van der Waals surface area contributed by atoms with Crippen LogP contribution in [-0.2, 0) is 4.79 Å². The molecule has 0 saturated carbocycles. The first-order valence-electron chi connectivity index (χ1n) is 12.2. The number of nitrogens with zero attached hydrogens (tertiary/aromatic N) is 4. The second-order valence-corrected chi connectivity index (χ2v) is 9.68. The fourth-order valence-corrected chi connectivity index (χ4v) is 5.41. The molecule has 182 valence electrons. The van der Waals surface area contributed by atoms with Crippen LogP contribution < -0.4 is 10.2 Å². The van der Waals surface area contributed by atoms with Crippen LogP contribution in [0.15, 0.2) is 66.3 Å². The van der Waals surface area contributed by atoms with Gasteiger partial charge in [0, 0.05) is 75.2 Å². The number of benzene rings is 1. The van der Waals surface area contributed by atoms with Gasteiger partial charge in [0.15, 0.2) is 0 Å². The van der Waals surface area contributed by atoms with E-state index in [0.29, 0.717) is 0 Å². The Morgan fingerprint density at radius 2 is 1.94 bits per heavy atom. The summed E-state index contributed by atoms with van der Waals surface area (Å²) < 4.78 is 13.7. The van der Waals surface area contributed by atoms with E-state index in [0.717, 1.165) is 82.2 Å². The van der Waals surface area contributed by atoms with E-state index < -0.39 is 0 Å². The molecule has 3 aliphatic rings. The monoisotopic (exact) mass is 465 g/mol. The van der Waals surface area contributed by atoms with Crippen molar-refractivity contribution in [2.24, 2.45) is 10.4 Å². The molecule has 1 aromatic rings. The number of piperidine rings is 2. The van der Waals surface area contributed by atoms with Crippen molar-refractivity contribution in [1.29, 1.82) is 0 Å². The van der Waals surface area contributed by atoms with E-state index in [1.807, 2.05) is 17.0 Å². The molecule has 3 heterocycles. The van der Waals surface area contributed by atoms with Gasteiger partial charge in [0.1, 0.15) is 11.7 Å². The zero-order valence-corrected chi connectivity index (χ0v) is 20.2. The summed E-state index contributed by atoms with van der Waals surface area (Å²) in [4.78, 5) is 22.8. The van der Waals surface area contributed by atoms with Gasteiger partial charge in [-0.1, -0.05) is 19.2 Å². The van der Waals surface area contributed by atoms with E-state index in [1.54, 1.807) is 19.2 Å². The Morgan fingerprint density at radius 1 is 1.18 bits per heavy atom. The van der Waals surface area contributed by atoms with Crippen LogP contribution in [0.1, 0.15) is 25.7 Å². The number of rotatable bonds is 6. The number of aliphatic imine (C=N–C) groups is 1. The average molecular weight is 466 g/mol. The smallest absolute Gasteiger partial charge is 0.245 e. The zero-order valence-electron chi connectivity index (χ0n) is 20.2. The largest absolute Gasteiger partial charge is 0.371 e. The maximum atomic E-state index is 13.7. The third-order valence-corrected chi connectivity index (χ3v) is 7.41. The first-order valence-corrected chi connectivity index (χ1v) is 12.2. The summed E-state index contributed by atoms with van der Waals surface area (Å²) in [6.45, 7) is 12.9. The van der Waals surface area contributed by atoms with Crippen LogP contribution in [0.5, 0.6) is 0 Å². The van der Waals surface area contributed by atoms with E-state index in [4.69, 9.17) is 0 Å². The van der Waals surface area contributed by atoms with Gasteiger partial charge in [-0.15, -0.1) is 0 Å². The fraction of sp³-hybridized carbons (Fsp3) is 0.481. The Bertz CT molecular complexity index is 971. The summed E-state index contributed by atoms with van der Waals surface area (Å²) in [5, 5.41) is 3.60. The molecular formula is C27H36FN5O. The van der Waals surface area contributed by atoms with Gasteiger partial charge in [0.25, 0.3) is 0 Å². The summed E-state index contributed by atoms with van der Waals surface area (Å²) >= 11 is 0. The van der Waals surface area contributed by atoms with Crippen LogP contribution in [0, 0.1) is 11.2 Å². The number of nitrogens with one attached hydrogen (secondary N) is 1. The van der Waals surface area contributed by atoms with Crippen LogP contribution in [0.25, 0.3) is 0 Å². The second-order valence-electron chi connectivity index (χ2n) is 9.68. The van der Waals surface area contributed by atoms with Crippen molar-refractivity contribution in [1.82, 2.24) is 15.1 Å². The molecule has 3 saturated heterocycles. The summed E-state index contributed by atoms with van der Waals surface area (Å²) in [6.07, 6.45) is 9.62. The Labute approximate surface area is 202 Å². The fourth-order valence-electron chi connectivity index (χ4n) is 5.41. The summed E-state index contributed by atoms with van der Waals surface area (Å²) in [6, 6.07) is 7.06. The second kappa shape index (κ2) is 10.5. The predicted molar refractivity (Wildman–Crippen MR) is 136 cm³/mol. The predicted octanol–water partition coefficient (Wildman–Crippen LogP) is 3.59. The molecule has 4 rings (SSSR count). The minimum atomic E-state index is -0.202. The lowest BCUT2D eigenvalue weighted by Gasteiger charge is -2.54. The Kier molecular flexibility index (Phi) is 7.39. The number of anilines is 1. The van der Waals surface area contributed by atoms with Crippen molar-refractivity contribution in [3.8, 4) is 0 Å². The molecule has 1 amide bonds. The van der Waals surface area contributed by atoms with Gasteiger partial charge in [-0.3, -0.25) is 9.79 Å². The number of carbonyl (C=O) groups excluding carboxylic acids is 1. The number of halogens is 1. The average Bonchev–Trinajstić information content (AvgIpc) is 2.85. The number of amidine groups is 1. The number of amides is 1. The van der Waals surface area contributed by atoms with Gasteiger partial charge in [0.05, 0.1) is 0 Å². The topological polar surface area (TPSA) is 51.2 Å². The number of hydrogen-bond donors (Lipinski definition) is 1. The minimum absolute atomic E-state index is 0.0354. The van der Waals surface area contributed by atoms with Crippen LogP contribution in [0.2, 0.25) is 0 Å². The normalized spacial score (nSPS) is 22.9. The van der Waals surface area contributed by atoms with Gasteiger partial charge in [0.2, 0.25) is 5.91 Å². The molecule has 1 unspecified atom stereocenters. The number of carbonyl (C=O) groups is 1. The SMILES string of the molecule is C=CC(=O)N1CC2(CCN(/C(C=C)=C/C(=NC)NC3CCCN(c4cccc(F)c4)C3)CC2)C1. The van der Waals surface area contributed by atoms with Crippen molar-refractivity contribution in [3.05, 3.63) is 67.2 Å². The molecule has 6 nitrogen and oxygen atoms in total. The van der Waals surface area contributed by atoms with Crippen LogP contribution in [0.4, 0.5) is 10.1 Å². The Hall–Kier alpha value is -3.09. The van der Waals surface area contributed by atoms with Crippen molar-refractivity contribution >= 4 is 17.4 Å². The molecule has 0 aliphatic carbocycles. The van der Waals surface area contributed by atoms with E-state index in [9.17, 15) is 9.18 Å². The van der Waals surface area contributed by atoms with E-state index in [-0.39, 0.29) is 23.2 Å². The molecule has 0 bridgehead atoms. The number of allylic oxidation sites excluding steroid dienone is 1. The lowest BCUT2D eigenvalue weighted by molar-refractivity contribution is -0.140. The molecule has 1 spiro atoms. The molecular weight excluding hydrogens is 429 g/mol. The highest BCUT2D eigenvalue weighted by atomic mass is 19.1. The van der Waals surface area contributed by atoms with Crippen LogP contribution in [-0.4, -0.2) is 73.9 Å². The highest BCUT2D eigenvalue weighted by Crippen LogP contribution is 2.41. The molecule has 0 radical (unpaired) electrons. The van der Waals surface area contributed by atoms with E-state index in [1.165, 1.54) is 12.1 Å². The lowest BCUT2D eigenvalue weighted by Crippen LogP contribution is -2.61. The highest BCUT2D eigenvalue weighted by Gasteiger charge is 2.46. The van der Waals surface area contributed by atoms with Crippen molar-refractivity contribution in [2.45, 2.75) is 31.7 Å². The number of hydrogen-bond acceptors (Lipinski definition) is 4. The molecule has 3 aliphatic heterocycles. The molecule has 1 N–H and O–H groups in total. The van der Waals surface area contributed by atoms with Gasteiger partial charge in [-0.25, -0.2) is 4.39 Å². The lowest BCUT2D eigenvalue weighted by atomic mass is 9.72. The molecule has 7 heteroatoms. The van der Waals surface area contributed by atoms with Crippen molar-refractivity contribution < 1.29 is 9.18 Å². The molecule has 0 aromatic heterocycles. The molecule has 1 aromatic carbocycles. The molecule has 1 atom stereocenters. The molecule has 34 heavy (non-hydrogen) atoms. The Morgan fingerprint density at radius 3 is 2.59 bits per heavy atom. The standard InChI is InChI=1S/C27H36FN5O/c1-4-23(31-14-11-27(12-15-31)19-33(20-27)26(34)5-2)17-25(29-3)30-22-9-7-13-32(18-22)24-10-6-8-21(28)16-24/h4-6,8,10,16-17,22H,1-2,7,9,11-15,18-20H2,3H3,(H,29,30)/b23-17+. The summed E-state index contributed by atoms with van der Waals surface area (Å²) in [5.74, 6) is 0.674. The van der Waals surface area contributed by atoms with Crippen LogP contribution >= 0.6 is 0 Å². The summed E-state index contributed by atoms with van der Waals surface area (Å²) in [5.41, 5.74) is 2.25. The van der Waals surface area contributed by atoms with Gasteiger partial charge < -0.3 is 20.0 Å². The number of likely N-dealkylation sites (tertiary alicyclic amines) is 2. The van der Waals surface area contributed by atoms with Crippen molar-refractivity contribution in [3.63, 3.8) is 0 Å². The third kappa shape index (κ3) is 5.34. The quantitative estimate of drug-likeness (QED) is 0.302. The highest BCUT2D eigenvalue weighted by molar-refractivity contribution is 5.94. The third-order valence-electron chi connectivity index (χ3n) is 7.41. The van der Waals surface area contributed by atoms with Gasteiger partial charge in [-0.2, -0.15) is 0 Å². The minimum Gasteiger partial charge on any atom is -0.371 e. The van der Waals surface area contributed by atoms with Crippen LogP contribution in [0.3, 0.4) is 0 Å². The van der Waals surface area contributed by atoms with Crippen molar-refractivity contribution in [2.75, 3.05) is 51.2 Å². The van der Waals surface area contributed by atoms with Gasteiger partial charge in [-0.05, 0) is 56.0 Å². The Balaban J connectivity index is 1.34. The molecule has 3 fully saturated rings.